The van der Waals surface area contributed by atoms with Crippen LogP contribution in [0.3, 0.4) is 0 Å². The first-order valence-electron chi connectivity index (χ1n) is 5.59. The normalized spacial score (nSPS) is 10.5. The Labute approximate surface area is 114 Å². The highest BCUT2D eigenvalue weighted by atomic mass is 32.1. The van der Waals surface area contributed by atoms with Gasteiger partial charge in [-0.05, 0) is 12.1 Å². The SMILES string of the molecule is COCc1nc(N(C)c2ccccc2F)sc1C=O. The Morgan fingerprint density at radius 3 is 2.84 bits per heavy atom. The van der Waals surface area contributed by atoms with E-state index in [-0.39, 0.29) is 12.4 Å². The van der Waals surface area contributed by atoms with Crippen LogP contribution < -0.4 is 4.90 Å². The third kappa shape index (κ3) is 2.80. The molecular weight excluding hydrogens is 267 g/mol. The van der Waals surface area contributed by atoms with Gasteiger partial charge in [0.05, 0.1) is 22.9 Å². The van der Waals surface area contributed by atoms with Crippen molar-refractivity contribution in [2.24, 2.45) is 0 Å². The molecule has 0 unspecified atom stereocenters. The number of methoxy groups -OCH3 is 1. The Balaban J connectivity index is 2.36. The summed E-state index contributed by atoms with van der Waals surface area (Å²) in [6.07, 6.45) is 0.741. The molecule has 6 heteroatoms. The molecule has 0 fully saturated rings. The molecule has 0 saturated carbocycles. The second kappa shape index (κ2) is 5.90. The van der Waals surface area contributed by atoms with Crippen LogP contribution in [0.25, 0.3) is 0 Å². The molecule has 19 heavy (non-hydrogen) atoms. The van der Waals surface area contributed by atoms with Gasteiger partial charge in [-0.15, -0.1) is 0 Å². The Morgan fingerprint density at radius 1 is 1.47 bits per heavy atom. The van der Waals surface area contributed by atoms with E-state index in [0.717, 1.165) is 6.29 Å². The molecule has 0 atom stereocenters. The van der Waals surface area contributed by atoms with Crippen LogP contribution in [0.5, 0.6) is 0 Å². The molecular formula is C13H13FN2O2S. The van der Waals surface area contributed by atoms with E-state index in [2.05, 4.69) is 4.98 Å². The predicted octanol–water partition coefficient (Wildman–Crippen LogP) is 3.01. The molecule has 0 spiro atoms. The zero-order valence-corrected chi connectivity index (χ0v) is 11.4. The minimum atomic E-state index is -0.332. The summed E-state index contributed by atoms with van der Waals surface area (Å²) in [7, 11) is 3.25. The lowest BCUT2D eigenvalue weighted by atomic mass is 10.3. The van der Waals surface area contributed by atoms with Gasteiger partial charge in [0.2, 0.25) is 0 Å². The van der Waals surface area contributed by atoms with E-state index in [0.29, 0.717) is 21.4 Å². The number of thiazole rings is 1. The fourth-order valence-corrected chi connectivity index (χ4v) is 2.51. The van der Waals surface area contributed by atoms with Gasteiger partial charge < -0.3 is 9.64 Å². The lowest BCUT2D eigenvalue weighted by Gasteiger charge is -2.16. The van der Waals surface area contributed by atoms with Crippen LogP contribution in [-0.2, 0) is 11.3 Å². The molecule has 0 bridgehead atoms. The first-order valence-corrected chi connectivity index (χ1v) is 6.41. The maximum atomic E-state index is 13.7. The van der Waals surface area contributed by atoms with Gasteiger partial charge in [-0.2, -0.15) is 0 Å². The monoisotopic (exact) mass is 280 g/mol. The van der Waals surface area contributed by atoms with Crippen LogP contribution in [-0.4, -0.2) is 25.4 Å². The fourth-order valence-electron chi connectivity index (χ4n) is 1.65. The molecule has 0 N–H and O–H groups in total. The smallest absolute Gasteiger partial charge is 0.190 e. The van der Waals surface area contributed by atoms with Gasteiger partial charge in [-0.25, -0.2) is 9.37 Å². The van der Waals surface area contributed by atoms with Crippen molar-refractivity contribution in [3.63, 3.8) is 0 Å². The number of rotatable bonds is 5. The lowest BCUT2D eigenvalue weighted by molar-refractivity contribution is 0.112. The minimum absolute atomic E-state index is 0.260. The van der Waals surface area contributed by atoms with Gasteiger partial charge in [0.15, 0.2) is 11.4 Å². The summed E-state index contributed by atoms with van der Waals surface area (Å²) < 4.78 is 18.7. The van der Waals surface area contributed by atoms with Crippen molar-refractivity contribution < 1.29 is 13.9 Å². The number of aldehydes is 1. The van der Waals surface area contributed by atoms with Gasteiger partial charge in [0.25, 0.3) is 0 Å². The Hall–Kier alpha value is -1.79. The number of aromatic nitrogens is 1. The zero-order chi connectivity index (χ0) is 13.8. The Kier molecular flexibility index (Phi) is 4.24. The molecule has 1 aromatic carbocycles. The highest BCUT2D eigenvalue weighted by Crippen LogP contribution is 2.31. The second-order valence-electron chi connectivity index (χ2n) is 3.87. The van der Waals surface area contributed by atoms with Crippen LogP contribution >= 0.6 is 11.3 Å². The molecule has 100 valence electrons. The number of hydrogen-bond donors (Lipinski definition) is 0. The highest BCUT2D eigenvalue weighted by Gasteiger charge is 2.16. The van der Waals surface area contributed by atoms with Crippen molar-refractivity contribution in [3.05, 3.63) is 40.7 Å². The Bertz CT molecular complexity index is 586. The average molecular weight is 280 g/mol. The van der Waals surface area contributed by atoms with Crippen LogP contribution in [0.2, 0.25) is 0 Å². The topological polar surface area (TPSA) is 42.4 Å². The quantitative estimate of drug-likeness (QED) is 0.790. The van der Waals surface area contributed by atoms with E-state index in [4.69, 9.17) is 4.74 Å². The summed E-state index contributed by atoms with van der Waals surface area (Å²) in [4.78, 5) is 17.4. The molecule has 0 aliphatic carbocycles. The maximum Gasteiger partial charge on any atom is 0.190 e. The minimum Gasteiger partial charge on any atom is -0.378 e. The van der Waals surface area contributed by atoms with Crippen LogP contribution in [0, 0.1) is 5.82 Å². The van der Waals surface area contributed by atoms with Crippen molar-refractivity contribution in [1.82, 2.24) is 4.98 Å². The first-order chi connectivity index (χ1) is 9.17. The van der Waals surface area contributed by atoms with Gasteiger partial charge in [-0.1, -0.05) is 23.5 Å². The van der Waals surface area contributed by atoms with E-state index in [1.807, 2.05) is 0 Å². The Morgan fingerprint density at radius 2 is 2.21 bits per heavy atom. The molecule has 0 aliphatic heterocycles. The van der Waals surface area contributed by atoms with E-state index >= 15 is 0 Å². The van der Waals surface area contributed by atoms with Crippen LogP contribution in [0.1, 0.15) is 15.4 Å². The van der Waals surface area contributed by atoms with Crippen LogP contribution in [0.4, 0.5) is 15.2 Å². The highest BCUT2D eigenvalue weighted by molar-refractivity contribution is 7.17. The van der Waals surface area contributed by atoms with Gasteiger partial charge >= 0.3 is 0 Å². The number of anilines is 2. The van der Waals surface area contributed by atoms with Gasteiger partial charge in [0, 0.05) is 14.2 Å². The van der Waals surface area contributed by atoms with E-state index in [9.17, 15) is 9.18 Å². The van der Waals surface area contributed by atoms with Crippen LogP contribution in [0.15, 0.2) is 24.3 Å². The number of para-hydroxylation sites is 1. The van der Waals surface area contributed by atoms with Crippen molar-refractivity contribution in [2.75, 3.05) is 19.1 Å². The van der Waals surface area contributed by atoms with Gasteiger partial charge in [-0.3, -0.25) is 4.79 Å². The molecule has 0 radical (unpaired) electrons. The summed E-state index contributed by atoms with van der Waals surface area (Å²) in [6.45, 7) is 0.260. The van der Waals surface area contributed by atoms with Crippen molar-refractivity contribution in [3.8, 4) is 0 Å². The summed E-state index contributed by atoms with van der Waals surface area (Å²) in [5.74, 6) is -0.332. The molecule has 2 aromatic rings. The first kappa shape index (κ1) is 13.6. The number of hydrogen-bond acceptors (Lipinski definition) is 5. The lowest BCUT2D eigenvalue weighted by Crippen LogP contribution is -2.10. The molecule has 0 amide bonds. The zero-order valence-electron chi connectivity index (χ0n) is 10.6. The van der Waals surface area contributed by atoms with E-state index in [1.165, 1.54) is 24.5 Å². The van der Waals surface area contributed by atoms with Crippen molar-refractivity contribution in [1.29, 1.82) is 0 Å². The second-order valence-corrected chi connectivity index (χ2v) is 4.88. The van der Waals surface area contributed by atoms with Gasteiger partial charge in [0.1, 0.15) is 5.82 Å². The maximum absolute atomic E-state index is 13.7. The number of carbonyl (C=O) groups is 1. The third-order valence-electron chi connectivity index (χ3n) is 2.61. The number of halogens is 1. The molecule has 1 heterocycles. The third-order valence-corrected chi connectivity index (χ3v) is 3.70. The molecule has 4 nitrogen and oxygen atoms in total. The van der Waals surface area contributed by atoms with Crippen molar-refractivity contribution >= 4 is 28.4 Å². The molecule has 1 aromatic heterocycles. The fraction of sp³-hybridized carbons (Fsp3) is 0.231. The average Bonchev–Trinajstić information content (AvgIpc) is 2.82. The molecule has 2 rings (SSSR count). The molecule has 0 aliphatic rings. The summed E-state index contributed by atoms with van der Waals surface area (Å²) in [5.41, 5.74) is 0.985. The summed E-state index contributed by atoms with van der Waals surface area (Å²) in [5, 5.41) is 0.555. The summed E-state index contributed by atoms with van der Waals surface area (Å²) in [6, 6.07) is 6.42. The van der Waals surface area contributed by atoms with E-state index < -0.39 is 0 Å². The molecule has 0 saturated heterocycles. The van der Waals surface area contributed by atoms with E-state index in [1.54, 1.807) is 30.1 Å². The standard InChI is InChI=1S/C13H13FN2O2S/c1-16(11-6-4-3-5-9(11)14)13-15-10(8-18-2)12(7-17)19-13/h3-7H,8H2,1-2H3. The number of carbonyl (C=O) groups excluding carboxylic acids is 1. The largest absolute Gasteiger partial charge is 0.378 e. The number of ether oxygens (including phenoxy) is 1. The number of nitrogens with zero attached hydrogens (tertiary/aromatic N) is 2. The predicted molar refractivity (Wildman–Crippen MR) is 72.7 cm³/mol. The van der Waals surface area contributed by atoms with Crippen molar-refractivity contribution in [2.45, 2.75) is 6.61 Å². The summed E-state index contributed by atoms with van der Waals surface area (Å²) >= 11 is 1.21. The number of benzene rings is 1.